The standard InChI is InChI=1S/C15H20O4/c16-12-4-8-13(5-1-9-17-13)15(7-3-11-19-15)14(12)6-2-10-18-14/h4,8H,1-3,5-7,9-11H2/t13-,14+,15+/m0/s1. The van der Waals surface area contributed by atoms with Crippen LogP contribution in [0.4, 0.5) is 0 Å². The quantitative estimate of drug-likeness (QED) is 0.669. The fourth-order valence-corrected chi connectivity index (χ4v) is 4.58. The molecule has 0 N–H and O–H groups in total. The Labute approximate surface area is 113 Å². The van der Waals surface area contributed by atoms with Crippen LogP contribution in [0, 0.1) is 0 Å². The van der Waals surface area contributed by atoms with Crippen molar-refractivity contribution in [3.8, 4) is 0 Å². The van der Waals surface area contributed by atoms with Crippen LogP contribution >= 0.6 is 0 Å². The van der Waals surface area contributed by atoms with Crippen LogP contribution in [0.15, 0.2) is 12.2 Å². The van der Waals surface area contributed by atoms with Crippen LogP contribution in [-0.4, -0.2) is 42.4 Å². The molecular weight excluding hydrogens is 244 g/mol. The fraction of sp³-hybridized carbons (Fsp3) is 0.800. The Morgan fingerprint density at radius 1 is 0.895 bits per heavy atom. The second-order valence-electron chi connectivity index (χ2n) is 6.10. The van der Waals surface area contributed by atoms with Gasteiger partial charge in [0.1, 0.15) is 11.2 Å². The molecule has 3 aliphatic heterocycles. The topological polar surface area (TPSA) is 44.8 Å². The normalized spacial score (nSPS) is 49.2. The van der Waals surface area contributed by atoms with E-state index in [0.29, 0.717) is 13.2 Å². The maximum absolute atomic E-state index is 12.6. The number of carbonyl (C=O) groups is 1. The van der Waals surface area contributed by atoms with Gasteiger partial charge in [0.25, 0.3) is 0 Å². The highest BCUT2D eigenvalue weighted by molar-refractivity contribution is 6.00. The highest BCUT2D eigenvalue weighted by Crippen LogP contribution is 2.57. The van der Waals surface area contributed by atoms with E-state index >= 15 is 0 Å². The zero-order chi connectivity index (χ0) is 13.0. The molecule has 3 fully saturated rings. The third kappa shape index (κ3) is 1.28. The molecule has 3 heterocycles. The van der Waals surface area contributed by atoms with E-state index in [1.807, 2.05) is 6.08 Å². The van der Waals surface area contributed by atoms with Gasteiger partial charge < -0.3 is 14.2 Å². The van der Waals surface area contributed by atoms with Crippen LogP contribution in [0.1, 0.15) is 38.5 Å². The highest BCUT2D eigenvalue weighted by Gasteiger charge is 2.71. The maximum Gasteiger partial charge on any atom is 0.190 e. The Kier molecular flexibility index (Phi) is 2.48. The van der Waals surface area contributed by atoms with Crippen LogP contribution in [0.5, 0.6) is 0 Å². The average Bonchev–Trinajstić information content (AvgIpc) is 3.13. The van der Waals surface area contributed by atoms with Crippen LogP contribution in [0.3, 0.4) is 0 Å². The second-order valence-corrected chi connectivity index (χ2v) is 6.10. The van der Waals surface area contributed by atoms with Crippen molar-refractivity contribution in [2.24, 2.45) is 0 Å². The Balaban J connectivity index is 1.90. The molecule has 0 amide bonds. The first-order chi connectivity index (χ1) is 9.25. The second kappa shape index (κ2) is 3.90. The monoisotopic (exact) mass is 264 g/mol. The summed E-state index contributed by atoms with van der Waals surface area (Å²) in [6.45, 7) is 2.11. The van der Waals surface area contributed by atoms with E-state index in [2.05, 4.69) is 0 Å². The molecule has 0 unspecified atom stereocenters. The summed E-state index contributed by atoms with van der Waals surface area (Å²) in [5.41, 5.74) is -1.82. The minimum atomic E-state index is -0.789. The van der Waals surface area contributed by atoms with Crippen molar-refractivity contribution in [3.05, 3.63) is 12.2 Å². The molecule has 0 radical (unpaired) electrons. The molecule has 4 rings (SSSR count). The van der Waals surface area contributed by atoms with E-state index < -0.39 is 16.8 Å². The molecule has 4 heteroatoms. The lowest BCUT2D eigenvalue weighted by Crippen LogP contribution is -2.71. The Morgan fingerprint density at radius 3 is 2.26 bits per heavy atom. The number of ketones is 1. The SMILES string of the molecule is O=C1C=C[C@@]2(CCCO2)[C@]2(CCCO2)[C@@]12CCCO2. The minimum Gasteiger partial charge on any atom is -0.368 e. The third-order valence-electron chi connectivity index (χ3n) is 5.33. The molecule has 4 nitrogen and oxygen atoms in total. The van der Waals surface area contributed by atoms with Gasteiger partial charge in [-0.15, -0.1) is 0 Å². The smallest absolute Gasteiger partial charge is 0.190 e. The van der Waals surface area contributed by atoms with Gasteiger partial charge in [0.15, 0.2) is 11.4 Å². The van der Waals surface area contributed by atoms with Gasteiger partial charge in [-0.3, -0.25) is 4.79 Å². The molecule has 0 bridgehead atoms. The molecule has 0 aromatic rings. The van der Waals surface area contributed by atoms with Crippen molar-refractivity contribution in [1.82, 2.24) is 0 Å². The van der Waals surface area contributed by atoms with E-state index in [9.17, 15) is 4.79 Å². The van der Waals surface area contributed by atoms with Crippen molar-refractivity contribution in [2.75, 3.05) is 19.8 Å². The van der Waals surface area contributed by atoms with Gasteiger partial charge in [-0.2, -0.15) is 0 Å². The van der Waals surface area contributed by atoms with Crippen molar-refractivity contribution >= 4 is 5.78 Å². The zero-order valence-electron chi connectivity index (χ0n) is 11.2. The van der Waals surface area contributed by atoms with Crippen LogP contribution in [0.25, 0.3) is 0 Å². The Hall–Kier alpha value is -0.710. The van der Waals surface area contributed by atoms with E-state index in [1.165, 1.54) is 0 Å². The van der Waals surface area contributed by atoms with Gasteiger partial charge in [-0.05, 0) is 50.7 Å². The summed E-state index contributed by atoms with van der Waals surface area (Å²) in [7, 11) is 0. The maximum atomic E-state index is 12.6. The number of ether oxygens (including phenoxy) is 3. The van der Waals surface area contributed by atoms with Gasteiger partial charge in [-0.1, -0.05) is 0 Å². The molecule has 0 aromatic carbocycles. The summed E-state index contributed by atoms with van der Waals surface area (Å²) in [5, 5.41) is 0. The van der Waals surface area contributed by atoms with Crippen LogP contribution in [0.2, 0.25) is 0 Å². The predicted octanol–water partition coefficient (Wildman–Crippen LogP) is 1.77. The summed E-state index contributed by atoms with van der Waals surface area (Å²) in [5.74, 6) is 0.0769. The molecule has 3 atom stereocenters. The Morgan fingerprint density at radius 2 is 1.63 bits per heavy atom. The first-order valence-electron chi connectivity index (χ1n) is 7.40. The number of hydrogen-bond acceptors (Lipinski definition) is 4. The lowest BCUT2D eigenvalue weighted by Gasteiger charge is -2.54. The number of fused-ring (bicyclic) bond motifs is 2. The van der Waals surface area contributed by atoms with Gasteiger partial charge in [0, 0.05) is 19.8 Å². The number of carbonyl (C=O) groups excluding carboxylic acids is 1. The summed E-state index contributed by atoms with van der Waals surface area (Å²) in [4.78, 5) is 12.6. The molecule has 0 saturated carbocycles. The van der Waals surface area contributed by atoms with Crippen LogP contribution < -0.4 is 0 Å². The largest absolute Gasteiger partial charge is 0.368 e. The summed E-state index contributed by atoms with van der Waals surface area (Å²) < 4.78 is 18.3. The molecule has 3 saturated heterocycles. The highest BCUT2D eigenvalue weighted by atomic mass is 16.6. The van der Waals surface area contributed by atoms with Gasteiger partial charge >= 0.3 is 0 Å². The fourth-order valence-electron chi connectivity index (χ4n) is 4.58. The molecule has 104 valence electrons. The van der Waals surface area contributed by atoms with Gasteiger partial charge in [-0.25, -0.2) is 0 Å². The van der Waals surface area contributed by atoms with Gasteiger partial charge in [0.05, 0.1) is 0 Å². The molecular formula is C15H20O4. The van der Waals surface area contributed by atoms with Crippen LogP contribution in [-0.2, 0) is 19.0 Å². The first kappa shape index (κ1) is 12.1. The Bertz CT molecular complexity index is 421. The predicted molar refractivity (Wildman–Crippen MR) is 67.9 cm³/mol. The van der Waals surface area contributed by atoms with Crippen molar-refractivity contribution in [2.45, 2.75) is 55.3 Å². The first-order valence-corrected chi connectivity index (χ1v) is 7.40. The summed E-state index contributed by atoms with van der Waals surface area (Å²) in [6, 6.07) is 0. The lowest BCUT2D eigenvalue weighted by atomic mass is 9.62. The van der Waals surface area contributed by atoms with Crippen molar-refractivity contribution < 1.29 is 19.0 Å². The molecule has 4 aliphatic rings. The van der Waals surface area contributed by atoms with E-state index in [-0.39, 0.29) is 5.78 Å². The van der Waals surface area contributed by atoms with E-state index in [1.54, 1.807) is 6.08 Å². The minimum absolute atomic E-state index is 0.0769. The lowest BCUT2D eigenvalue weighted by molar-refractivity contribution is -0.236. The number of rotatable bonds is 0. The third-order valence-corrected chi connectivity index (χ3v) is 5.33. The zero-order valence-corrected chi connectivity index (χ0v) is 11.2. The average molecular weight is 264 g/mol. The summed E-state index contributed by atoms with van der Waals surface area (Å²) >= 11 is 0. The van der Waals surface area contributed by atoms with E-state index in [0.717, 1.165) is 45.1 Å². The van der Waals surface area contributed by atoms with Gasteiger partial charge in [0.2, 0.25) is 0 Å². The number of hydrogen-bond donors (Lipinski definition) is 0. The molecule has 3 spiro atoms. The molecule has 19 heavy (non-hydrogen) atoms. The molecule has 0 aromatic heterocycles. The summed E-state index contributed by atoms with van der Waals surface area (Å²) in [6.07, 6.45) is 9.15. The molecule has 1 aliphatic carbocycles. The van der Waals surface area contributed by atoms with E-state index in [4.69, 9.17) is 14.2 Å². The van der Waals surface area contributed by atoms with Crippen molar-refractivity contribution in [1.29, 1.82) is 0 Å². The van der Waals surface area contributed by atoms with Crippen molar-refractivity contribution in [3.63, 3.8) is 0 Å².